The second-order valence-corrected chi connectivity index (χ2v) is 6.60. The molecule has 0 aromatic rings. The Morgan fingerprint density at radius 2 is 1.59 bits per heavy atom. The van der Waals surface area contributed by atoms with Gasteiger partial charge in [-0.05, 0) is 20.8 Å². The van der Waals surface area contributed by atoms with Crippen molar-refractivity contribution in [1.29, 1.82) is 0 Å². The number of carbonyl (C=O) groups excluding carboxylic acids is 3. The molecule has 0 aliphatic carbocycles. The summed E-state index contributed by atoms with van der Waals surface area (Å²) in [6.45, 7) is 3.67. The lowest BCUT2D eigenvalue weighted by Crippen LogP contribution is -2.55. The van der Waals surface area contributed by atoms with E-state index in [0.717, 1.165) is 0 Å². The molecule has 0 aliphatic heterocycles. The molecule has 6 N–H and O–H groups in total. The highest BCUT2D eigenvalue weighted by Crippen LogP contribution is 2.06. The fourth-order valence-electron chi connectivity index (χ4n) is 1.53. The molecule has 154 valence electrons. The number of hydrogen-bond acceptors (Lipinski definition) is 7. The van der Waals surface area contributed by atoms with E-state index >= 15 is 0 Å². The highest BCUT2D eigenvalue weighted by atomic mass is 32.1. The van der Waals surface area contributed by atoms with Crippen molar-refractivity contribution in [2.24, 2.45) is 0 Å². The molecule has 0 aromatic heterocycles. The summed E-state index contributed by atoms with van der Waals surface area (Å²) in [7, 11) is 0. The average Bonchev–Trinajstić information content (AvgIpc) is 2.52. The lowest BCUT2D eigenvalue weighted by molar-refractivity contribution is -0.139. The highest BCUT2D eigenvalue weighted by molar-refractivity contribution is 7.80. The van der Waals surface area contributed by atoms with Crippen molar-refractivity contribution in [2.45, 2.75) is 38.5 Å². The zero-order chi connectivity index (χ0) is 21.2. The van der Waals surface area contributed by atoms with E-state index in [1.54, 1.807) is 20.8 Å². The molecular weight excluding hydrogens is 384 g/mol. The normalized spacial score (nSPS) is 12.9. The summed E-state index contributed by atoms with van der Waals surface area (Å²) in [4.78, 5) is 56.7. The van der Waals surface area contributed by atoms with Gasteiger partial charge in [0.05, 0.1) is 6.54 Å². The van der Waals surface area contributed by atoms with Gasteiger partial charge in [0.2, 0.25) is 5.91 Å². The summed E-state index contributed by atoms with van der Waals surface area (Å²) in [6.07, 6.45) is -0.974. The third-order valence-electron chi connectivity index (χ3n) is 2.67. The minimum atomic E-state index is -1.47. The zero-order valence-electron chi connectivity index (χ0n) is 15.1. The number of carboxylic acids is 2. The quantitative estimate of drug-likeness (QED) is 0.231. The predicted octanol–water partition coefficient (Wildman–Crippen LogP) is -1.24. The molecule has 0 bridgehead atoms. The lowest BCUT2D eigenvalue weighted by Gasteiger charge is -2.22. The van der Waals surface area contributed by atoms with E-state index in [9.17, 15) is 24.0 Å². The number of thiol groups is 1. The number of aliphatic carboxylic acids is 2. The van der Waals surface area contributed by atoms with Crippen LogP contribution in [0.4, 0.5) is 9.59 Å². The number of ether oxygens (including phenoxy) is 1. The van der Waals surface area contributed by atoms with Crippen molar-refractivity contribution in [3.63, 3.8) is 0 Å². The van der Waals surface area contributed by atoms with Gasteiger partial charge in [0.15, 0.2) is 0 Å². The van der Waals surface area contributed by atoms with Crippen molar-refractivity contribution in [3.05, 3.63) is 0 Å². The van der Waals surface area contributed by atoms with Gasteiger partial charge in [0.1, 0.15) is 24.2 Å². The van der Waals surface area contributed by atoms with Crippen LogP contribution in [0.3, 0.4) is 0 Å². The summed E-state index contributed by atoms with van der Waals surface area (Å²) in [5.41, 5.74) is -0.832. The summed E-state index contributed by atoms with van der Waals surface area (Å²) in [5.74, 6) is -3.57. The molecule has 4 amide bonds. The molecule has 0 aliphatic rings. The van der Waals surface area contributed by atoms with Crippen LogP contribution in [-0.4, -0.2) is 76.7 Å². The molecule has 0 radical (unpaired) electrons. The van der Waals surface area contributed by atoms with Gasteiger partial charge in [-0.3, -0.25) is 9.59 Å². The molecule has 0 spiro atoms. The molecule has 0 saturated carbocycles. The molecule has 27 heavy (non-hydrogen) atoms. The first-order valence-electron chi connectivity index (χ1n) is 7.72. The third kappa shape index (κ3) is 11.5. The van der Waals surface area contributed by atoms with Gasteiger partial charge in [0.25, 0.3) is 0 Å². The first-order chi connectivity index (χ1) is 12.4. The van der Waals surface area contributed by atoms with Gasteiger partial charge < -0.3 is 36.2 Å². The predicted molar refractivity (Wildman–Crippen MR) is 95.6 cm³/mol. The summed E-state index contributed by atoms with van der Waals surface area (Å²) >= 11 is 3.88. The highest BCUT2D eigenvalue weighted by Gasteiger charge is 2.25. The number of hydrogen-bond donors (Lipinski definition) is 7. The number of rotatable bonds is 9. The fourth-order valence-corrected chi connectivity index (χ4v) is 1.79. The number of amides is 4. The van der Waals surface area contributed by atoms with Crippen LogP contribution in [0.25, 0.3) is 0 Å². The molecule has 12 nitrogen and oxygen atoms in total. The Morgan fingerprint density at radius 1 is 1.00 bits per heavy atom. The molecule has 0 unspecified atom stereocenters. The first-order valence-corrected chi connectivity index (χ1v) is 8.36. The molecule has 13 heteroatoms. The number of carbonyl (C=O) groups is 5. The summed E-state index contributed by atoms with van der Waals surface area (Å²) < 4.78 is 4.93. The maximum absolute atomic E-state index is 11.8. The SMILES string of the molecule is CC(C)(C)OC(=O)N[C@@H](CNC(=O)N[C@@H](CS)C(=O)NCC(=O)O)C(=O)O. The van der Waals surface area contributed by atoms with Gasteiger partial charge in [-0.15, -0.1) is 0 Å². The van der Waals surface area contributed by atoms with Crippen molar-refractivity contribution in [2.75, 3.05) is 18.8 Å². The Labute approximate surface area is 160 Å². The topological polar surface area (TPSA) is 183 Å². The first kappa shape index (κ1) is 24.3. The standard InChI is InChI=1S/C14H24N4O8S/c1-14(2,3)26-13(25)18-7(11(22)23)4-16-12(24)17-8(6-27)10(21)15-5-9(19)20/h7-8,27H,4-6H2,1-3H3,(H,15,21)(H,18,25)(H,19,20)(H,22,23)(H2,16,17,24)/t7-,8-/m0/s1. The number of nitrogens with one attached hydrogen (secondary N) is 4. The van der Waals surface area contributed by atoms with E-state index in [4.69, 9.17) is 14.9 Å². The third-order valence-corrected chi connectivity index (χ3v) is 3.04. The Kier molecular flexibility index (Phi) is 10.00. The molecule has 2 atom stereocenters. The molecule has 0 rings (SSSR count). The van der Waals surface area contributed by atoms with Crippen LogP contribution < -0.4 is 21.3 Å². The Morgan fingerprint density at radius 3 is 2.04 bits per heavy atom. The van der Waals surface area contributed by atoms with Crippen LogP contribution in [0.1, 0.15) is 20.8 Å². The second-order valence-electron chi connectivity index (χ2n) is 6.24. The second kappa shape index (κ2) is 11.1. The number of carboxylic acid groups (broad SMARTS) is 2. The molecule has 0 saturated heterocycles. The Balaban J connectivity index is 4.59. The monoisotopic (exact) mass is 408 g/mol. The molecule has 0 aromatic carbocycles. The van der Waals surface area contributed by atoms with E-state index in [1.807, 2.05) is 0 Å². The van der Waals surface area contributed by atoms with Crippen molar-refractivity contribution < 1.29 is 38.9 Å². The van der Waals surface area contributed by atoms with Crippen LogP contribution in [0.2, 0.25) is 0 Å². The Hall–Kier alpha value is -2.70. The number of urea groups is 1. The molecule has 0 fully saturated rings. The van der Waals surface area contributed by atoms with Crippen LogP contribution >= 0.6 is 12.6 Å². The molecule has 0 heterocycles. The fraction of sp³-hybridized carbons (Fsp3) is 0.643. The average molecular weight is 408 g/mol. The zero-order valence-corrected chi connectivity index (χ0v) is 16.0. The van der Waals surface area contributed by atoms with Gasteiger partial charge >= 0.3 is 24.1 Å². The molecular formula is C14H24N4O8S. The largest absolute Gasteiger partial charge is 0.480 e. The minimum absolute atomic E-state index is 0.128. The van der Waals surface area contributed by atoms with Gasteiger partial charge in [-0.2, -0.15) is 12.6 Å². The minimum Gasteiger partial charge on any atom is -0.480 e. The van der Waals surface area contributed by atoms with Crippen LogP contribution in [0.5, 0.6) is 0 Å². The van der Waals surface area contributed by atoms with Crippen LogP contribution in [0.15, 0.2) is 0 Å². The van der Waals surface area contributed by atoms with Gasteiger partial charge in [0, 0.05) is 5.75 Å². The van der Waals surface area contributed by atoms with Gasteiger partial charge in [-0.25, -0.2) is 14.4 Å². The van der Waals surface area contributed by atoms with Crippen molar-refractivity contribution in [3.8, 4) is 0 Å². The maximum atomic E-state index is 11.8. The van der Waals surface area contributed by atoms with Crippen LogP contribution in [0, 0.1) is 0 Å². The van der Waals surface area contributed by atoms with Gasteiger partial charge in [-0.1, -0.05) is 0 Å². The van der Waals surface area contributed by atoms with E-state index in [0.29, 0.717) is 0 Å². The van der Waals surface area contributed by atoms with E-state index in [2.05, 4.69) is 33.9 Å². The lowest BCUT2D eigenvalue weighted by atomic mass is 10.2. The summed E-state index contributed by atoms with van der Waals surface area (Å²) in [6, 6.07) is -3.52. The van der Waals surface area contributed by atoms with Crippen molar-refractivity contribution >= 4 is 42.6 Å². The van der Waals surface area contributed by atoms with Crippen LogP contribution in [-0.2, 0) is 19.1 Å². The van der Waals surface area contributed by atoms with Crippen molar-refractivity contribution in [1.82, 2.24) is 21.3 Å². The van der Waals surface area contributed by atoms with E-state index in [1.165, 1.54) is 0 Å². The summed E-state index contributed by atoms with van der Waals surface area (Å²) in [5, 5.41) is 26.2. The smallest absolute Gasteiger partial charge is 0.408 e. The number of alkyl carbamates (subject to hydrolysis) is 1. The van der Waals surface area contributed by atoms with E-state index < -0.39 is 60.7 Å². The maximum Gasteiger partial charge on any atom is 0.408 e. The Bertz CT molecular complexity index is 578. The van der Waals surface area contributed by atoms with E-state index in [-0.39, 0.29) is 5.75 Å².